The lowest BCUT2D eigenvalue weighted by Crippen LogP contribution is -2.33. The van der Waals surface area contributed by atoms with Crippen molar-refractivity contribution in [2.75, 3.05) is 0 Å². The van der Waals surface area contributed by atoms with Crippen molar-refractivity contribution in [3.63, 3.8) is 0 Å². The van der Waals surface area contributed by atoms with Crippen LogP contribution in [0.25, 0.3) is 0 Å². The first-order valence-corrected chi connectivity index (χ1v) is 4.17. The molecule has 0 saturated heterocycles. The van der Waals surface area contributed by atoms with Crippen molar-refractivity contribution >= 4 is 0 Å². The Balaban J connectivity index is 2.69. The monoisotopic (exact) mass is 186 g/mol. The van der Waals surface area contributed by atoms with Crippen molar-refractivity contribution in [1.29, 1.82) is 0 Å². The van der Waals surface area contributed by atoms with E-state index in [1.165, 1.54) is 6.33 Å². The van der Waals surface area contributed by atoms with Crippen LogP contribution in [-0.4, -0.2) is 20.3 Å². The van der Waals surface area contributed by atoms with Crippen LogP contribution >= 0.6 is 0 Å². The summed E-state index contributed by atoms with van der Waals surface area (Å²) in [6.45, 7) is 3.58. The van der Waals surface area contributed by atoms with Crippen LogP contribution in [0.3, 0.4) is 0 Å². The smallest absolute Gasteiger partial charge is 0.167 e. The van der Waals surface area contributed by atoms with Gasteiger partial charge in [-0.2, -0.15) is 0 Å². The molecule has 0 aliphatic carbocycles. The van der Waals surface area contributed by atoms with Crippen molar-refractivity contribution in [3.8, 4) is 0 Å². The lowest BCUT2D eigenvalue weighted by atomic mass is 9.99. The molecule has 13 heavy (non-hydrogen) atoms. The number of alkyl halides is 1. The molecule has 1 aromatic heterocycles. The molecule has 4 nitrogen and oxygen atoms in total. The molecule has 0 spiro atoms. The maximum atomic E-state index is 13.5. The summed E-state index contributed by atoms with van der Waals surface area (Å²) in [5.74, 6) is 0.332. The van der Waals surface area contributed by atoms with Gasteiger partial charge in [0.15, 0.2) is 12.0 Å². The first kappa shape index (κ1) is 10.1. The maximum absolute atomic E-state index is 13.5. The molecule has 2 N–H and O–H groups in total. The zero-order chi connectivity index (χ0) is 10.1. The quantitative estimate of drug-likeness (QED) is 0.764. The fourth-order valence-corrected chi connectivity index (χ4v) is 1.13. The number of hydrogen-bond donors (Lipinski definition) is 1. The Bertz CT molecular complexity index is 276. The van der Waals surface area contributed by atoms with Crippen molar-refractivity contribution in [2.45, 2.75) is 32.0 Å². The van der Waals surface area contributed by atoms with Crippen LogP contribution in [0, 0.1) is 0 Å². The van der Waals surface area contributed by atoms with E-state index in [4.69, 9.17) is 5.73 Å². The third-order valence-corrected chi connectivity index (χ3v) is 1.73. The van der Waals surface area contributed by atoms with Gasteiger partial charge in [-0.15, -0.1) is 10.2 Å². The Hall–Kier alpha value is -0.970. The van der Waals surface area contributed by atoms with Crippen LogP contribution in [-0.2, 0) is 7.05 Å². The molecular weight excluding hydrogens is 171 g/mol. The summed E-state index contributed by atoms with van der Waals surface area (Å²) >= 11 is 0. The number of nitrogens with zero attached hydrogens (tertiary/aromatic N) is 3. The number of aromatic nitrogens is 3. The number of rotatable bonds is 3. The van der Waals surface area contributed by atoms with Gasteiger partial charge in [-0.1, -0.05) is 0 Å². The molecule has 1 atom stereocenters. The molecule has 0 bridgehead atoms. The Morgan fingerprint density at radius 1 is 1.69 bits per heavy atom. The average Bonchev–Trinajstić information content (AvgIpc) is 2.30. The maximum Gasteiger partial charge on any atom is 0.167 e. The molecule has 74 valence electrons. The Labute approximate surface area is 77.0 Å². The van der Waals surface area contributed by atoms with Gasteiger partial charge in [0.1, 0.15) is 6.33 Å². The molecule has 0 radical (unpaired) electrons. The average molecular weight is 186 g/mol. The minimum absolute atomic E-state index is 0.250. The van der Waals surface area contributed by atoms with Crippen molar-refractivity contribution in [2.24, 2.45) is 12.8 Å². The lowest BCUT2D eigenvalue weighted by Gasteiger charge is -2.20. The predicted molar refractivity (Wildman–Crippen MR) is 47.7 cm³/mol. The van der Waals surface area contributed by atoms with Crippen LogP contribution in [0.5, 0.6) is 0 Å². The standard InChI is InChI=1S/C8H15FN4/c1-8(2,10)4-6(9)7-12-11-5-13(7)3/h5-6H,4,10H2,1-3H3. The minimum Gasteiger partial charge on any atom is -0.325 e. The zero-order valence-electron chi connectivity index (χ0n) is 8.16. The van der Waals surface area contributed by atoms with E-state index in [-0.39, 0.29) is 6.42 Å². The molecule has 0 aliphatic rings. The van der Waals surface area contributed by atoms with Crippen molar-refractivity contribution in [3.05, 3.63) is 12.2 Å². The fraction of sp³-hybridized carbons (Fsp3) is 0.750. The number of halogens is 1. The van der Waals surface area contributed by atoms with Gasteiger partial charge < -0.3 is 10.3 Å². The van der Waals surface area contributed by atoms with Crippen molar-refractivity contribution in [1.82, 2.24) is 14.8 Å². The van der Waals surface area contributed by atoms with E-state index >= 15 is 0 Å². The Morgan fingerprint density at radius 3 is 2.69 bits per heavy atom. The van der Waals surface area contributed by atoms with Crippen LogP contribution < -0.4 is 5.73 Å². The third kappa shape index (κ3) is 2.77. The second kappa shape index (κ2) is 3.41. The van der Waals surface area contributed by atoms with E-state index in [0.717, 1.165) is 0 Å². The highest BCUT2D eigenvalue weighted by atomic mass is 19.1. The second-order valence-corrected chi connectivity index (χ2v) is 3.96. The highest BCUT2D eigenvalue weighted by Gasteiger charge is 2.23. The van der Waals surface area contributed by atoms with Gasteiger partial charge in [0, 0.05) is 19.0 Å². The van der Waals surface area contributed by atoms with Crippen LogP contribution in [0.4, 0.5) is 4.39 Å². The molecule has 0 saturated carbocycles. The normalized spacial score (nSPS) is 14.5. The topological polar surface area (TPSA) is 56.7 Å². The number of hydrogen-bond acceptors (Lipinski definition) is 3. The van der Waals surface area contributed by atoms with Gasteiger partial charge in [0.25, 0.3) is 0 Å². The first-order chi connectivity index (χ1) is 5.90. The van der Waals surface area contributed by atoms with E-state index in [1.807, 2.05) is 0 Å². The van der Waals surface area contributed by atoms with E-state index in [9.17, 15) is 4.39 Å². The first-order valence-electron chi connectivity index (χ1n) is 4.17. The van der Waals surface area contributed by atoms with E-state index < -0.39 is 11.7 Å². The molecule has 5 heteroatoms. The molecule has 0 aromatic carbocycles. The van der Waals surface area contributed by atoms with E-state index in [2.05, 4.69) is 10.2 Å². The van der Waals surface area contributed by atoms with Gasteiger partial charge in [-0.3, -0.25) is 0 Å². The fourth-order valence-electron chi connectivity index (χ4n) is 1.13. The minimum atomic E-state index is -1.15. The number of aryl methyl sites for hydroxylation is 1. The Morgan fingerprint density at radius 2 is 2.31 bits per heavy atom. The predicted octanol–water partition coefficient (Wildman–Crippen LogP) is 0.953. The molecule has 0 fully saturated rings. The molecular formula is C8H15FN4. The summed E-state index contributed by atoms with van der Waals surface area (Å²) in [5, 5.41) is 7.29. The van der Waals surface area contributed by atoms with Gasteiger partial charge in [0.2, 0.25) is 0 Å². The summed E-state index contributed by atoms with van der Waals surface area (Å²) in [7, 11) is 1.71. The zero-order valence-corrected chi connectivity index (χ0v) is 8.16. The van der Waals surface area contributed by atoms with Gasteiger partial charge in [0.05, 0.1) is 0 Å². The van der Waals surface area contributed by atoms with E-state index in [0.29, 0.717) is 5.82 Å². The molecule has 1 rings (SSSR count). The molecule has 1 heterocycles. The van der Waals surface area contributed by atoms with Crippen LogP contribution in [0.1, 0.15) is 32.3 Å². The highest BCUT2D eigenvalue weighted by Crippen LogP contribution is 2.23. The summed E-state index contributed by atoms with van der Waals surface area (Å²) in [5.41, 5.74) is 5.17. The highest BCUT2D eigenvalue weighted by molar-refractivity contribution is 4.93. The number of nitrogens with two attached hydrogens (primary N) is 1. The van der Waals surface area contributed by atoms with Crippen LogP contribution in [0.15, 0.2) is 6.33 Å². The molecule has 1 unspecified atom stereocenters. The Kier molecular flexibility index (Phi) is 2.66. The molecule has 0 aliphatic heterocycles. The largest absolute Gasteiger partial charge is 0.325 e. The SMILES string of the molecule is Cn1cnnc1C(F)CC(C)(C)N. The van der Waals surface area contributed by atoms with Crippen molar-refractivity contribution < 1.29 is 4.39 Å². The summed E-state index contributed by atoms with van der Waals surface area (Å²) in [4.78, 5) is 0. The molecule has 1 aromatic rings. The second-order valence-electron chi connectivity index (χ2n) is 3.96. The third-order valence-electron chi connectivity index (χ3n) is 1.73. The summed E-state index contributed by atoms with van der Waals surface area (Å²) < 4.78 is 15.1. The van der Waals surface area contributed by atoms with Gasteiger partial charge >= 0.3 is 0 Å². The molecule has 0 amide bonds. The summed E-state index contributed by atoms with van der Waals surface area (Å²) in [6, 6.07) is 0. The van der Waals surface area contributed by atoms with Gasteiger partial charge in [-0.25, -0.2) is 4.39 Å². The van der Waals surface area contributed by atoms with Crippen LogP contribution in [0.2, 0.25) is 0 Å². The van der Waals surface area contributed by atoms with E-state index in [1.54, 1.807) is 25.5 Å². The summed E-state index contributed by atoms with van der Waals surface area (Å²) in [6.07, 6.45) is 0.581. The lowest BCUT2D eigenvalue weighted by molar-refractivity contribution is 0.251. The van der Waals surface area contributed by atoms with Gasteiger partial charge in [-0.05, 0) is 13.8 Å².